The van der Waals surface area contributed by atoms with Crippen molar-refractivity contribution in [2.45, 2.75) is 82.6 Å². The van der Waals surface area contributed by atoms with Gasteiger partial charge in [-0.3, -0.25) is 0 Å². The van der Waals surface area contributed by atoms with Crippen LogP contribution >= 0.6 is 0 Å². The van der Waals surface area contributed by atoms with Crippen LogP contribution in [0.4, 0.5) is 0 Å². The molecule has 29 heavy (non-hydrogen) atoms. The molecule has 162 valence electrons. The highest BCUT2D eigenvalue weighted by Gasteiger charge is 2.41. The van der Waals surface area contributed by atoms with E-state index in [1.165, 1.54) is 24.8 Å². The SMILES string of the molecule is CCCCCCC1(CC[C@@H]2C=CCC[C@@]2(CO)NCc2ccccc2)OCCO1. The minimum Gasteiger partial charge on any atom is -0.394 e. The molecule has 0 aromatic heterocycles. The second-order valence-corrected chi connectivity index (χ2v) is 8.68. The molecule has 0 radical (unpaired) electrons. The summed E-state index contributed by atoms with van der Waals surface area (Å²) in [5.74, 6) is -0.134. The summed E-state index contributed by atoms with van der Waals surface area (Å²) in [5.41, 5.74) is 0.982. The zero-order valence-corrected chi connectivity index (χ0v) is 18.1. The molecule has 4 nitrogen and oxygen atoms in total. The highest BCUT2D eigenvalue weighted by molar-refractivity contribution is 5.16. The van der Waals surface area contributed by atoms with Crippen LogP contribution in [-0.2, 0) is 16.0 Å². The van der Waals surface area contributed by atoms with Gasteiger partial charge in [0.05, 0.1) is 19.8 Å². The van der Waals surface area contributed by atoms with Crippen LogP contribution in [0.15, 0.2) is 42.5 Å². The molecular weight excluding hydrogens is 362 g/mol. The first kappa shape index (κ1) is 22.5. The van der Waals surface area contributed by atoms with Crippen LogP contribution in [0, 0.1) is 5.92 Å². The minimum absolute atomic E-state index is 0.153. The maximum Gasteiger partial charge on any atom is 0.168 e. The van der Waals surface area contributed by atoms with Gasteiger partial charge in [-0.1, -0.05) is 68.7 Å². The molecule has 1 aromatic rings. The Bertz CT molecular complexity index is 612. The Balaban J connectivity index is 1.61. The lowest BCUT2D eigenvalue weighted by Gasteiger charge is -2.42. The van der Waals surface area contributed by atoms with Crippen LogP contribution < -0.4 is 5.32 Å². The zero-order chi connectivity index (χ0) is 20.4. The number of aliphatic hydroxyl groups excluding tert-OH is 1. The molecule has 0 unspecified atom stereocenters. The van der Waals surface area contributed by atoms with E-state index < -0.39 is 5.79 Å². The predicted molar refractivity (Wildman–Crippen MR) is 118 cm³/mol. The molecule has 2 atom stereocenters. The fourth-order valence-electron chi connectivity index (χ4n) is 4.80. The predicted octanol–water partition coefficient (Wildman–Crippen LogP) is 4.97. The van der Waals surface area contributed by atoms with Crippen molar-refractivity contribution in [2.75, 3.05) is 19.8 Å². The van der Waals surface area contributed by atoms with E-state index >= 15 is 0 Å². The molecule has 1 aliphatic carbocycles. The quantitative estimate of drug-likeness (QED) is 0.384. The van der Waals surface area contributed by atoms with E-state index in [0.717, 1.165) is 45.1 Å². The maximum absolute atomic E-state index is 10.4. The lowest BCUT2D eigenvalue weighted by atomic mass is 9.74. The number of nitrogens with one attached hydrogen (secondary N) is 1. The average Bonchev–Trinajstić information content (AvgIpc) is 3.24. The Kier molecular flexibility index (Phi) is 8.73. The molecule has 1 aromatic carbocycles. The third kappa shape index (κ3) is 6.14. The summed E-state index contributed by atoms with van der Waals surface area (Å²) in [6.07, 6.45) is 14.3. The van der Waals surface area contributed by atoms with Gasteiger partial charge in [0.15, 0.2) is 5.79 Å². The Morgan fingerprint density at radius 2 is 1.86 bits per heavy atom. The van der Waals surface area contributed by atoms with E-state index in [2.05, 4.69) is 48.7 Å². The fraction of sp³-hybridized carbons (Fsp3) is 0.680. The highest BCUT2D eigenvalue weighted by Crippen LogP contribution is 2.38. The summed E-state index contributed by atoms with van der Waals surface area (Å²) in [5, 5.41) is 14.1. The van der Waals surface area contributed by atoms with Crippen molar-refractivity contribution < 1.29 is 14.6 Å². The molecule has 2 N–H and O–H groups in total. The van der Waals surface area contributed by atoms with E-state index in [1.54, 1.807) is 0 Å². The summed E-state index contributed by atoms with van der Waals surface area (Å²) in [6.45, 7) is 4.57. The van der Waals surface area contributed by atoms with Crippen molar-refractivity contribution in [1.82, 2.24) is 5.32 Å². The van der Waals surface area contributed by atoms with Gasteiger partial charge in [0.2, 0.25) is 0 Å². The maximum atomic E-state index is 10.4. The number of allylic oxidation sites excluding steroid dienone is 1. The molecule has 1 saturated heterocycles. The van der Waals surface area contributed by atoms with Crippen LogP contribution in [0.25, 0.3) is 0 Å². The molecule has 0 spiro atoms. The summed E-state index contributed by atoms with van der Waals surface area (Å²) >= 11 is 0. The van der Waals surface area contributed by atoms with Crippen molar-refractivity contribution in [2.24, 2.45) is 5.92 Å². The van der Waals surface area contributed by atoms with Crippen LogP contribution in [0.2, 0.25) is 0 Å². The summed E-state index contributed by atoms with van der Waals surface area (Å²) in [7, 11) is 0. The van der Waals surface area contributed by atoms with Crippen LogP contribution in [-0.4, -0.2) is 36.3 Å². The summed E-state index contributed by atoms with van der Waals surface area (Å²) in [6, 6.07) is 10.4. The molecule has 1 aliphatic heterocycles. The second kappa shape index (κ2) is 11.3. The normalized spacial score (nSPS) is 26.1. The minimum atomic E-state index is -0.417. The van der Waals surface area contributed by atoms with Gasteiger partial charge < -0.3 is 19.9 Å². The molecule has 3 rings (SSSR count). The van der Waals surface area contributed by atoms with E-state index in [9.17, 15) is 5.11 Å². The van der Waals surface area contributed by atoms with Gasteiger partial charge in [-0.05, 0) is 37.2 Å². The lowest BCUT2D eigenvalue weighted by molar-refractivity contribution is -0.170. The van der Waals surface area contributed by atoms with E-state index in [4.69, 9.17) is 9.47 Å². The largest absolute Gasteiger partial charge is 0.394 e. The molecule has 4 heteroatoms. The molecule has 1 heterocycles. The third-order valence-corrected chi connectivity index (χ3v) is 6.67. The number of ether oxygens (including phenoxy) is 2. The lowest BCUT2D eigenvalue weighted by Crippen LogP contribution is -2.54. The number of aliphatic hydroxyl groups is 1. The van der Waals surface area contributed by atoms with Gasteiger partial charge in [-0.25, -0.2) is 0 Å². The fourth-order valence-corrected chi connectivity index (χ4v) is 4.80. The molecule has 0 amide bonds. The second-order valence-electron chi connectivity index (χ2n) is 8.68. The van der Waals surface area contributed by atoms with Gasteiger partial charge in [0.25, 0.3) is 0 Å². The van der Waals surface area contributed by atoms with Crippen molar-refractivity contribution in [3.63, 3.8) is 0 Å². The Hall–Kier alpha value is -1.20. The summed E-state index contributed by atoms with van der Waals surface area (Å²) in [4.78, 5) is 0. The molecule has 0 bridgehead atoms. The van der Waals surface area contributed by atoms with Crippen LogP contribution in [0.1, 0.15) is 70.3 Å². The summed E-state index contributed by atoms with van der Waals surface area (Å²) < 4.78 is 12.2. The zero-order valence-electron chi connectivity index (χ0n) is 18.1. The number of unbranched alkanes of at least 4 members (excludes halogenated alkanes) is 3. The Labute approximate surface area is 176 Å². The van der Waals surface area contributed by atoms with Gasteiger partial charge in [0.1, 0.15) is 0 Å². The van der Waals surface area contributed by atoms with Crippen molar-refractivity contribution in [3.8, 4) is 0 Å². The van der Waals surface area contributed by atoms with E-state index in [1.807, 2.05) is 6.07 Å². The standard InChI is InChI=1S/C25H39NO3/c1-2-3-4-9-16-25(28-18-19-29-25)17-14-23-13-8-10-15-24(23,21-27)26-20-22-11-6-5-7-12-22/h5-8,11-13,23,26-27H,2-4,9-10,14-21H2,1H3/t23-,24-/m0/s1. The first-order chi connectivity index (χ1) is 14.2. The molecular formula is C25H39NO3. The van der Waals surface area contributed by atoms with Gasteiger partial charge in [-0.15, -0.1) is 0 Å². The van der Waals surface area contributed by atoms with E-state index in [0.29, 0.717) is 13.2 Å². The van der Waals surface area contributed by atoms with Gasteiger partial charge >= 0.3 is 0 Å². The third-order valence-electron chi connectivity index (χ3n) is 6.67. The van der Waals surface area contributed by atoms with Gasteiger partial charge in [0, 0.05) is 24.9 Å². The molecule has 2 aliphatic rings. The first-order valence-electron chi connectivity index (χ1n) is 11.6. The monoisotopic (exact) mass is 401 g/mol. The van der Waals surface area contributed by atoms with Crippen molar-refractivity contribution >= 4 is 0 Å². The van der Waals surface area contributed by atoms with Crippen molar-refractivity contribution in [3.05, 3.63) is 48.0 Å². The van der Waals surface area contributed by atoms with Gasteiger partial charge in [-0.2, -0.15) is 0 Å². The number of hydrogen-bond acceptors (Lipinski definition) is 4. The van der Waals surface area contributed by atoms with Crippen LogP contribution in [0.5, 0.6) is 0 Å². The van der Waals surface area contributed by atoms with Crippen LogP contribution in [0.3, 0.4) is 0 Å². The van der Waals surface area contributed by atoms with E-state index in [-0.39, 0.29) is 18.1 Å². The smallest absolute Gasteiger partial charge is 0.168 e. The Morgan fingerprint density at radius 1 is 1.07 bits per heavy atom. The number of benzene rings is 1. The highest BCUT2D eigenvalue weighted by atomic mass is 16.7. The number of rotatable bonds is 12. The molecule has 0 saturated carbocycles. The molecule has 1 fully saturated rings. The number of hydrogen-bond donors (Lipinski definition) is 2. The topological polar surface area (TPSA) is 50.7 Å². The van der Waals surface area contributed by atoms with Crippen molar-refractivity contribution in [1.29, 1.82) is 0 Å². The first-order valence-corrected chi connectivity index (χ1v) is 11.6. The average molecular weight is 402 g/mol. The Morgan fingerprint density at radius 3 is 2.59 bits per heavy atom.